The molecule has 5 nitrogen and oxygen atoms in total. The molecule has 1 aromatic carbocycles. The minimum absolute atomic E-state index is 0.00464. The van der Waals surface area contributed by atoms with Crippen LogP contribution >= 0.6 is 0 Å². The first-order valence-corrected chi connectivity index (χ1v) is 8.36. The number of nitrogens with one attached hydrogen (secondary N) is 2. The van der Waals surface area contributed by atoms with Crippen LogP contribution in [-0.2, 0) is 9.53 Å². The molecule has 1 saturated heterocycles. The van der Waals surface area contributed by atoms with Crippen molar-refractivity contribution in [3.63, 3.8) is 0 Å². The number of aryl methyl sites for hydroxylation is 1. The first kappa shape index (κ1) is 17.9. The summed E-state index contributed by atoms with van der Waals surface area (Å²) < 4.78 is 5.71. The van der Waals surface area contributed by atoms with Gasteiger partial charge in [0.25, 0.3) is 0 Å². The second-order valence-electron chi connectivity index (χ2n) is 6.47. The summed E-state index contributed by atoms with van der Waals surface area (Å²) >= 11 is 0. The number of carbonyl (C=O) groups is 1. The number of morpholine rings is 1. The standard InChI is InChI=1S/C18H29N3O2/c1-13-7-5-6-8-17(13)14(2)20-18(22)15(3)19-11-16-12-21(4)9-10-23-16/h5-8,14-16,19H,9-12H2,1-4H3,(H,20,22). The van der Waals surface area contributed by atoms with Crippen LogP contribution in [0.1, 0.15) is 31.0 Å². The van der Waals surface area contributed by atoms with Crippen molar-refractivity contribution in [2.24, 2.45) is 0 Å². The third kappa shape index (κ3) is 5.30. The lowest BCUT2D eigenvalue weighted by atomic mass is 10.0. The molecule has 1 fully saturated rings. The van der Waals surface area contributed by atoms with Crippen LogP contribution in [0, 0.1) is 6.92 Å². The number of ether oxygens (including phenoxy) is 1. The van der Waals surface area contributed by atoms with E-state index in [1.807, 2.05) is 26.0 Å². The first-order chi connectivity index (χ1) is 11.0. The van der Waals surface area contributed by atoms with E-state index in [9.17, 15) is 4.79 Å². The van der Waals surface area contributed by atoms with Crippen LogP contribution in [0.3, 0.4) is 0 Å². The van der Waals surface area contributed by atoms with Gasteiger partial charge in [0.15, 0.2) is 0 Å². The summed E-state index contributed by atoms with van der Waals surface area (Å²) in [5, 5.41) is 6.36. The molecule has 1 amide bonds. The van der Waals surface area contributed by atoms with E-state index in [0.29, 0.717) is 6.54 Å². The molecular weight excluding hydrogens is 290 g/mol. The molecule has 1 aliphatic rings. The summed E-state index contributed by atoms with van der Waals surface area (Å²) in [4.78, 5) is 14.6. The zero-order chi connectivity index (χ0) is 16.8. The molecule has 0 saturated carbocycles. The minimum Gasteiger partial charge on any atom is -0.374 e. The SMILES string of the molecule is Cc1ccccc1C(C)NC(=O)C(C)NCC1CN(C)CCO1. The lowest BCUT2D eigenvalue weighted by molar-refractivity contribution is -0.123. The van der Waals surface area contributed by atoms with E-state index in [-0.39, 0.29) is 24.1 Å². The van der Waals surface area contributed by atoms with E-state index in [2.05, 4.69) is 41.6 Å². The predicted molar refractivity (Wildman–Crippen MR) is 92.4 cm³/mol. The second kappa shape index (κ2) is 8.43. The Hall–Kier alpha value is -1.43. The average Bonchev–Trinajstić information content (AvgIpc) is 2.53. The highest BCUT2D eigenvalue weighted by atomic mass is 16.5. The Kier molecular flexibility index (Phi) is 6.57. The molecule has 0 radical (unpaired) electrons. The lowest BCUT2D eigenvalue weighted by Gasteiger charge is -2.31. The molecule has 0 aliphatic carbocycles. The fourth-order valence-corrected chi connectivity index (χ4v) is 2.88. The molecule has 0 spiro atoms. The van der Waals surface area contributed by atoms with E-state index in [1.165, 1.54) is 5.56 Å². The summed E-state index contributed by atoms with van der Waals surface area (Å²) in [7, 11) is 2.09. The molecule has 23 heavy (non-hydrogen) atoms. The second-order valence-corrected chi connectivity index (χ2v) is 6.47. The highest BCUT2D eigenvalue weighted by Gasteiger charge is 2.21. The van der Waals surface area contributed by atoms with Crippen LogP contribution in [-0.4, -0.2) is 56.2 Å². The van der Waals surface area contributed by atoms with Gasteiger partial charge >= 0.3 is 0 Å². The third-order valence-electron chi connectivity index (χ3n) is 4.40. The van der Waals surface area contributed by atoms with Gasteiger partial charge in [-0.05, 0) is 38.9 Å². The highest BCUT2D eigenvalue weighted by molar-refractivity contribution is 5.81. The number of rotatable bonds is 6. The number of benzene rings is 1. The number of nitrogens with zero attached hydrogens (tertiary/aromatic N) is 1. The van der Waals surface area contributed by atoms with Gasteiger partial charge in [0, 0.05) is 19.6 Å². The smallest absolute Gasteiger partial charge is 0.237 e. The summed E-state index contributed by atoms with van der Waals surface area (Å²) in [6, 6.07) is 7.91. The first-order valence-electron chi connectivity index (χ1n) is 8.36. The van der Waals surface area contributed by atoms with Gasteiger partial charge < -0.3 is 20.3 Å². The number of amides is 1. The van der Waals surface area contributed by atoms with Crippen LogP contribution in [0.15, 0.2) is 24.3 Å². The summed E-state index contributed by atoms with van der Waals surface area (Å²) in [6.45, 7) is 9.31. The maximum Gasteiger partial charge on any atom is 0.237 e. The van der Waals surface area contributed by atoms with Crippen molar-refractivity contribution in [3.05, 3.63) is 35.4 Å². The van der Waals surface area contributed by atoms with Crippen LogP contribution in [0.5, 0.6) is 0 Å². The van der Waals surface area contributed by atoms with Crippen molar-refractivity contribution < 1.29 is 9.53 Å². The van der Waals surface area contributed by atoms with E-state index in [0.717, 1.165) is 25.3 Å². The van der Waals surface area contributed by atoms with E-state index in [4.69, 9.17) is 4.74 Å². The Balaban J connectivity index is 1.79. The van der Waals surface area contributed by atoms with Crippen molar-refractivity contribution >= 4 is 5.91 Å². The third-order valence-corrected chi connectivity index (χ3v) is 4.40. The quantitative estimate of drug-likeness (QED) is 0.834. The molecule has 2 rings (SSSR count). The Bertz CT molecular complexity index is 521. The van der Waals surface area contributed by atoms with Crippen molar-refractivity contribution in [1.29, 1.82) is 0 Å². The van der Waals surface area contributed by atoms with Gasteiger partial charge in [-0.1, -0.05) is 24.3 Å². The number of hydrogen-bond donors (Lipinski definition) is 2. The van der Waals surface area contributed by atoms with Crippen LogP contribution in [0.25, 0.3) is 0 Å². The van der Waals surface area contributed by atoms with Crippen LogP contribution < -0.4 is 10.6 Å². The number of carbonyl (C=O) groups excluding carboxylic acids is 1. The van der Waals surface area contributed by atoms with Gasteiger partial charge in [-0.15, -0.1) is 0 Å². The van der Waals surface area contributed by atoms with Crippen LogP contribution in [0.4, 0.5) is 0 Å². The zero-order valence-electron chi connectivity index (χ0n) is 14.6. The largest absolute Gasteiger partial charge is 0.374 e. The van der Waals surface area contributed by atoms with Crippen molar-refractivity contribution in [2.45, 2.75) is 39.0 Å². The topological polar surface area (TPSA) is 53.6 Å². The molecule has 2 N–H and O–H groups in total. The van der Waals surface area contributed by atoms with Crippen LogP contribution in [0.2, 0.25) is 0 Å². The Morgan fingerprint density at radius 3 is 2.83 bits per heavy atom. The van der Waals surface area contributed by atoms with Crippen molar-refractivity contribution in [3.8, 4) is 0 Å². The maximum absolute atomic E-state index is 12.4. The normalized spacial score (nSPS) is 21.7. The maximum atomic E-state index is 12.4. The lowest BCUT2D eigenvalue weighted by Crippen LogP contribution is -2.49. The van der Waals surface area contributed by atoms with Crippen molar-refractivity contribution in [1.82, 2.24) is 15.5 Å². The fourth-order valence-electron chi connectivity index (χ4n) is 2.88. The summed E-state index contributed by atoms with van der Waals surface area (Å²) in [5.41, 5.74) is 2.35. The molecule has 0 aromatic heterocycles. The molecule has 1 heterocycles. The Morgan fingerprint density at radius 2 is 2.13 bits per heavy atom. The molecule has 128 valence electrons. The Morgan fingerprint density at radius 1 is 1.39 bits per heavy atom. The van der Waals surface area contributed by atoms with Crippen molar-refractivity contribution in [2.75, 3.05) is 33.3 Å². The zero-order valence-corrected chi connectivity index (χ0v) is 14.6. The number of likely N-dealkylation sites (N-methyl/N-ethyl adjacent to an activating group) is 1. The van der Waals surface area contributed by atoms with Gasteiger partial charge in [-0.3, -0.25) is 4.79 Å². The molecule has 1 aliphatic heterocycles. The number of hydrogen-bond acceptors (Lipinski definition) is 4. The molecule has 3 atom stereocenters. The predicted octanol–water partition coefficient (Wildman–Crippen LogP) is 1.48. The van der Waals surface area contributed by atoms with E-state index >= 15 is 0 Å². The molecule has 3 unspecified atom stereocenters. The molecule has 1 aromatic rings. The van der Waals surface area contributed by atoms with E-state index in [1.54, 1.807) is 0 Å². The summed E-state index contributed by atoms with van der Waals surface area (Å²) in [5.74, 6) is 0.0184. The van der Waals surface area contributed by atoms with Gasteiger partial charge in [0.1, 0.15) is 0 Å². The summed E-state index contributed by atoms with van der Waals surface area (Å²) in [6.07, 6.45) is 0.151. The molecule has 5 heteroatoms. The monoisotopic (exact) mass is 319 g/mol. The van der Waals surface area contributed by atoms with Gasteiger partial charge in [0.2, 0.25) is 5.91 Å². The average molecular weight is 319 g/mol. The Labute approximate surface area is 139 Å². The van der Waals surface area contributed by atoms with Gasteiger partial charge in [-0.25, -0.2) is 0 Å². The van der Waals surface area contributed by atoms with Gasteiger partial charge in [0.05, 0.1) is 24.8 Å². The molecular formula is C18H29N3O2. The minimum atomic E-state index is -0.239. The fraction of sp³-hybridized carbons (Fsp3) is 0.611. The van der Waals surface area contributed by atoms with Gasteiger partial charge in [-0.2, -0.15) is 0 Å². The molecule has 0 bridgehead atoms. The van der Waals surface area contributed by atoms with E-state index < -0.39 is 0 Å². The highest BCUT2D eigenvalue weighted by Crippen LogP contribution is 2.16.